The Morgan fingerprint density at radius 1 is 1.21 bits per heavy atom. The molecule has 1 aromatic heterocycles. The molecule has 1 atom stereocenters. The van der Waals surface area contributed by atoms with Crippen molar-refractivity contribution < 1.29 is 9.59 Å². The third-order valence-corrected chi connectivity index (χ3v) is 6.94. The zero-order chi connectivity index (χ0) is 20.5. The van der Waals surface area contributed by atoms with Crippen molar-refractivity contribution in [1.29, 1.82) is 0 Å². The fourth-order valence-electron chi connectivity index (χ4n) is 2.99. The predicted octanol–water partition coefficient (Wildman–Crippen LogP) is 4.50. The number of anilines is 1. The number of rotatable bonds is 4. The van der Waals surface area contributed by atoms with Crippen molar-refractivity contribution >= 4 is 61.1 Å². The number of fused-ring (bicyclic) bond motifs is 1. The molecule has 8 heteroatoms. The van der Waals surface area contributed by atoms with Crippen LogP contribution in [0.25, 0.3) is 10.2 Å². The molecule has 2 amide bonds. The van der Waals surface area contributed by atoms with E-state index in [0.29, 0.717) is 10.3 Å². The van der Waals surface area contributed by atoms with Crippen LogP contribution in [0.4, 0.5) is 10.8 Å². The van der Waals surface area contributed by atoms with Crippen molar-refractivity contribution in [3.05, 3.63) is 53.6 Å². The van der Waals surface area contributed by atoms with Crippen molar-refractivity contribution in [3.63, 3.8) is 0 Å². The number of amidine groups is 1. The van der Waals surface area contributed by atoms with Gasteiger partial charge in [-0.2, -0.15) is 4.99 Å². The average Bonchev–Trinajstić information content (AvgIpc) is 3.21. The Kier molecular flexibility index (Phi) is 5.38. The van der Waals surface area contributed by atoms with E-state index < -0.39 is 5.25 Å². The van der Waals surface area contributed by atoms with Crippen LogP contribution in [-0.4, -0.2) is 39.2 Å². The SMILES string of the molecule is Cc1ccc(NC(=O)CC2S/C(=N/c3nc4ccccc4s3)N(C)C2=O)cc1C. The average molecular weight is 425 g/mol. The minimum Gasteiger partial charge on any atom is -0.326 e. The summed E-state index contributed by atoms with van der Waals surface area (Å²) in [5, 5.41) is 3.57. The van der Waals surface area contributed by atoms with Gasteiger partial charge in [0.1, 0.15) is 5.25 Å². The summed E-state index contributed by atoms with van der Waals surface area (Å²) in [7, 11) is 1.68. The lowest BCUT2D eigenvalue weighted by Crippen LogP contribution is -2.30. The predicted molar refractivity (Wildman–Crippen MR) is 120 cm³/mol. The maximum absolute atomic E-state index is 12.6. The van der Waals surface area contributed by atoms with Gasteiger partial charge in [-0.1, -0.05) is 41.3 Å². The second-order valence-corrected chi connectivity index (χ2v) is 9.09. The number of thiazole rings is 1. The zero-order valence-electron chi connectivity index (χ0n) is 16.3. The van der Waals surface area contributed by atoms with Crippen LogP contribution in [-0.2, 0) is 9.59 Å². The van der Waals surface area contributed by atoms with Gasteiger partial charge < -0.3 is 5.32 Å². The summed E-state index contributed by atoms with van der Waals surface area (Å²) in [5.41, 5.74) is 3.91. The molecule has 2 aromatic carbocycles. The highest BCUT2D eigenvalue weighted by Crippen LogP contribution is 2.33. The van der Waals surface area contributed by atoms with Gasteiger partial charge in [0.25, 0.3) is 0 Å². The third-order valence-electron chi connectivity index (χ3n) is 4.78. The number of amides is 2. The summed E-state index contributed by atoms with van der Waals surface area (Å²) < 4.78 is 1.05. The van der Waals surface area contributed by atoms with E-state index in [9.17, 15) is 9.59 Å². The minimum atomic E-state index is -0.486. The van der Waals surface area contributed by atoms with Crippen molar-refractivity contribution in [2.75, 3.05) is 12.4 Å². The monoisotopic (exact) mass is 424 g/mol. The van der Waals surface area contributed by atoms with E-state index in [0.717, 1.165) is 21.5 Å². The molecule has 1 fully saturated rings. The standard InChI is InChI=1S/C21H20N4O2S2/c1-12-8-9-14(10-13(12)2)22-18(26)11-17-19(27)25(3)21(29-17)24-20-23-15-6-4-5-7-16(15)28-20/h4-10,17H,11H2,1-3H3,(H,22,26)/b24-21+. The maximum atomic E-state index is 12.6. The third kappa shape index (κ3) is 4.18. The second-order valence-electron chi connectivity index (χ2n) is 6.91. The van der Waals surface area contributed by atoms with Crippen molar-refractivity contribution in [2.45, 2.75) is 25.5 Å². The number of benzene rings is 2. The molecule has 1 aliphatic rings. The van der Waals surface area contributed by atoms with Crippen LogP contribution in [0.1, 0.15) is 17.5 Å². The van der Waals surface area contributed by atoms with Crippen LogP contribution >= 0.6 is 23.1 Å². The molecule has 0 spiro atoms. The quantitative estimate of drug-likeness (QED) is 0.669. The van der Waals surface area contributed by atoms with Gasteiger partial charge in [0.2, 0.25) is 16.9 Å². The maximum Gasteiger partial charge on any atom is 0.242 e. The van der Waals surface area contributed by atoms with Gasteiger partial charge in [-0.25, -0.2) is 4.98 Å². The van der Waals surface area contributed by atoms with E-state index in [4.69, 9.17) is 0 Å². The molecule has 3 aromatic rings. The molecule has 29 heavy (non-hydrogen) atoms. The molecular formula is C21H20N4O2S2. The van der Waals surface area contributed by atoms with Crippen molar-refractivity contribution in [1.82, 2.24) is 9.88 Å². The summed E-state index contributed by atoms with van der Waals surface area (Å²) in [6.07, 6.45) is 0.0969. The molecule has 1 saturated heterocycles. The van der Waals surface area contributed by atoms with E-state index >= 15 is 0 Å². The first-order chi connectivity index (χ1) is 13.9. The van der Waals surface area contributed by atoms with Gasteiger partial charge in [-0.15, -0.1) is 0 Å². The van der Waals surface area contributed by atoms with Gasteiger partial charge in [-0.05, 0) is 49.2 Å². The summed E-state index contributed by atoms with van der Waals surface area (Å²) in [6, 6.07) is 13.6. The van der Waals surface area contributed by atoms with Crippen LogP contribution in [0.2, 0.25) is 0 Å². The van der Waals surface area contributed by atoms with E-state index in [1.165, 1.54) is 33.6 Å². The number of hydrogen-bond donors (Lipinski definition) is 1. The summed E-state index contributed by atoms with van der Waals surface area (Å²) in [5.74, 6) is -0.307. The van der Waals surface area contributed by atoms with Crippen LogP contribution in [0.3, 0.4) is 0 Å². The highest BCUT2D eigenvalue weighted by molar-refractivity contribution is 8.15. The number of nitrogens with zero attached hydrogens (tertiary/aromatic N) is 3. The summed E-state index contributed by atoms with van der Waals surface area (Å²) >= 11 is 2.79. The van der Waals surface area contributed by atoms with Crippen LogP contribution in [0.5, 0.6) is 0 Å². The summed E-state index contributed by atoms with van der Waals surface area (Å²) in [6.45, 7) is 4.03. The van der Waals surface area contributed by atoms with Gasteiger partial charge in [0, 0.05) is 19.2 Å². The van der Waals surface area contributed by atoms with Crippen LogP contribution in [0, 0.1) is 13.8 Å². The Labute approximate surface area is 177 Å². The number of aromatic nitrogens is 1. The lowest BCUT2D eigenvalue weighted by molar-refractivity contribution is -0.127. The molecule has 0 radical (unpaired) electrons. The van der Waals surface area contributed by atoms with Gasteiger partial charge in [0.15, 0.2) is 5.17 Å². The molecule has 0 aliphatic carbocycles. The molecule has 4 rings (SSSR count). The largest absolute Gasteiger partial charge is 0.326 e. The molecule has 1 unspecified atom stereocenters. The lowest BCUT2D eigenvalue weighted by atomic mass is 10.1. The zero-order valence-corrected chi connectivity index (χ0v) is 17.9. The van der Waals surface area contributed by atoms with Crippen molar-refractivity contribution in [2.24, 2.45) is 4.99 Å². The van der Waals surface area contributed by atoms with Crippen LogP contribution in [0.15, 0.2) is 47.5 Å². The molecule has 0 bridgehead atoms. The molecule has 148 valence electrons. The number of para-hydroxylation sites is 1. The normalized spacial score (nSPS) is 18.0. The Bertz CT molecular complexity index is 1110. The summed E-state index contributed by atoms with van der Waals surface area (Å²) in [4.78, 5) is 35.6. The Morgan fingerprint density at radius 3 is 2.76 bits per heavy atom. The van der Waals surface area contributed by atoms with E-state index in [1.807, 2.05) is 56.3 Å². The first-order valence-electron chi connectivity index (χ1n) is 9.16. The smallest absolute Gasteiger partial charge is 0.242 e. The number of aryl methyl sites for hydroxylation is 2. The van der Waals surface area contributed by atoms with E-state index in [2.05, 4.69) is 15.3 Å². The molecule has 1 N–H and O–H groups in total. The first kappa shape index (κ1) is 19.6. The Balaban J connectivity index is 1.45. The van der Waals surface area contributed by atoms with Crippen LogP contribution < -0.4 is 5.32 Å². The highest BCUT2D eigenvalue weighted by atomic mass is 32.2. The molecule has 2 heterocycles. The number of hydrogen-bond acceptors (Lipinski definition) is 6. The van der Waals surface area contributed by atoms with Gasteiger partial charge in [0.05, 0.1) is 10.2 Å². The van der Waals surface area contributed by atoms with E-state index in [1.54, 1.807) is 7.05 Å². The molecule has 1 aliphatic heterocycles. The highest BCUT2D eigenvalue weighted by Gasteiger charge is 2.37. The lowest BCUT2D eigenvalue weighted by Gasteiger charge is -2.10. The fraction of sp³-hybridized carbons (Fsp3) is 0.238. The number of carbonyl (C=O) groups is 2. The number of thioether (sulfide) groups is 1. The Morgan fingerprint density at radius 2 is 2.00 bits per heavy atom. The molecule has 0 saturated carbocycles. The van der Waals surface area contributed by atoms with E-state index in [-0.39, 0.29) is 18.2 Å². The van der Waals surface area contributed by atoms with Gasteiger partial charge >= 0.3 is 0 Å². The minimum absolute atomic E-state index is 0.0969. The fourth-order valence-corrected chi connectivity index (χ4v) is 5.02. The first-order valence-corrected chi connectivity index (χ1v) is 10.9. The molecule has 6 nitrogen and oxygen atoms in total. The topological polar surface area (TPSA) is 74.7 Å². The Hall–Kier alpha value is -2.71. The number of carbonyl (C=O) groups excluding carboxylic acids is 2. The van der Waals surface area contributed by atoms with Crippen molar-refractivity contribution in [3.8, 4) is 0 Å². The van der Waals surface area contributed by atoms with Gasteiger partial charge in [-0.3, -0.25) is 14.5 Å². The number of nitrogens with one attached hydrogen (secondary N) is 1. The number of aliphatic imine (C=N–C) groups is 1. The molecular weight excluding hydrogens is 404 g/mol. The second kappa shape index (κ2) is 7.96.